The van der Waals surface area contributed by atoms with Crippen LogP contribution < -0.4 is 4.90 Å². The molecule has 0 heterocycles. The molecule has 1 rings (SSSR count). The summed E-state index contributed by atoms with van der Waals surface area (Å²) in [5.74, 6) is -0.764. The van der Waals surface area contributed by atoms with Crippen molar-refractivity contribution in [1.29, 1.82) is 5.26 Å². The normalized spacial score (nSPS) is 9.72. The average molecular weight is 246 g/mol. The number of carboxylic acid groups (broad SMARTS) is 1. The molecule has 0 radical (unpaired) electrons. The Balaban J connectivity index is 2.52. The summed E-state index contributed by atoms with van der Waals surface area (Å²) in [6.45, 7) is 1.50. The van der Waals surface area contributed by atoms with E-state index in [4.69, 9.17) is 10.4 Å². The third kappa shape index (κ3) is 5.35. The van der Waals surface area contributed by atoms with Crippen molar-refractivity contribution in [2.45, 2.75) is 25.7 Å². The van der Waals surface area contributed by atoms with Gasteiger partial charge < -0.3 is 10.0 Å². The van der Waals surface area contributed by atoms with Gasteiger partial charge in [-0.15, -0.1) is 0 Å². The Hall–Kier alpha value is -2.02. The fourth-order valence-corrected chi connectivity index (χ4v) is 1.78. The molecule has 0 fully saturated rings. The molecule has 1 aromatic carbocycles. The van der Waals surface area contributed by atoms with Crippen LogP contribution in [0.2, 0.25) is 0 Å². The molecular formula is C14H18N2O2. The van der Waals surface area contributed by atoms with Gasteiger partial charge in [0.1, 0.15) is 0 Å². The molecule has 0 unspecified atom stereocenters. The van der Waals surface area contributed by atoms with Crippen LogP contribution in [0.5, 0.6) is 0 Å². The van der Waals surface area contributed by atoms with Gasteiger partial charge >= 0.3 is 5.97 Å². The van der Waals surface area contributed by atoms with Crippen molar-refractivity contribution in [2.75, 3.05) is 18.0 Å². The standard InChI is InChI=1S/C14H18N2O2/c15-10-4-5-11-16(12-6-9-14(17)18)13-7-2-1-3-8-13/h1-3,7-8H,4-6,9,11-12H2,(H,17,18). The summed E-state index contributed by atoms with van der Waals surface area (Å²) < 4.78 is 0. The first kappa shape index (κ1) is 14.0. The molecule has 18 heavy (non-hydrogen) atoms. The van der Waals surface area contributed by atoms with Crippen LogP contribution in [-0.2, 0) is 4.79 Å². The maximum absolute atomic E-state index is 10.5. The molecule has 4 nitrogen and oxygen atoms in total. The van der Waals surface area contributed by atoms with Crippen LogP contribution in [0.1, 0.15) is 25.7 Å². The van der Waals surface area contributed by atoms with Crippen LogP contribution >= 0.6 is 0 Å². The average Bonchev–Trinajstić information content (AvgIpc) is 2.38. The SMILES string of the molecule is N#CCCCN(CCCC(=O)O)c1ccccc1. The van der Waals surface area contributed by atoms with Crippen LogP contribution in [0.25, 0.3) is 0 Å². The Morgan fingerprint density at radius 2 is 1.89 bits per heavy atom. The van der Waals surface area contributed by atoms with E-state index in [-0.39, 0.29) is 6.42 Å². The number of nitrogens with zero attached hydrogens (tertiary/aromatic N) is 2. The van der Waals surface area contributed by atoms with Gasteiger partial charge in [-0.3, -0.25) is 4.79 Å². The number of unbranched alkanes of at least 4 members (excludes halogenated alkanes) is 1. The van der Waals surface area contributed by atoms with Crippen LogP contribution in [-0.4, -0.2) is 24.2 Å². The lowest BCUT2D eigenvalue weighted by Crippen LogP contribution is -2.26. The first-order chi connectivity index (χ1) is 8.74. The zero-order chi connectivity index (χ0) is 13.2. The van der Waals surface area contributed by atoms with Crippen molar-refractivity contribution < 1.29 is 9.90 Å². The highest BCUT2D eigenvalue weighted by molar-refractivity contribution is 5.66. The number of nitriles is 1. The van der Waals surface area contributed by atoms with E-state index in [2.05, 4.69) is 11.0 Å². The Bertz CT molecular complexity index is 398. The predicted molar refractivity (Wildman–Crippen MR) is 70.4 cm³/mol. The first-order valence-corrected chi connectivity index (χ1v) is 6.13. The minimum absolute atomic E-state index is 0.182. The number of anilines is 1. The molecule has 96 valence electrons. The molecule has 0 bridgehead atoms. The Labute approximate surface area is 107 Å². The van der Waals surface area contributed by atoms with Gasteiger partial charge in [0.05, 0.1) is 6.07 Å². The second-order valence-corrected chi connectivity index (χ2v) is 4.08. The number of benzene rings is 1. The number of hydrogen-bond donors (Lipinski definition) is 1. The zero-order valence-corrected chi connectivity index (χ0v) is 10.4. The summed E-state index contributed by atoms with van der Waals surface area (Å²) in [4.78, 5) is 12.7. The number of hydrogen-bond acceptors (Lipinski definition) is 3. The Morgan fingerprint density at radius 1 is 1.22 bits per heavy atom. The summed E-state index contributed by atoms with van der Waals surface area (Å²) in [7, 11) is 0. The summed E-state index contributed by atoms with van der Waals surface area (Å²) in [5, 5.41) is 17.2. The van der Waals surface area contributed by atoms with Gasteiger partial charge in [-0.1, -0.05) is 18.2 Å². The Morgan fingerprint density at radius 3 is 2.50 bits per heavy atom. The summed E-state index contributed by atoms with van der Waals surface area (Å²) in [6.07, 6.45) is 2.14. The minimum atomic E-state index is -0.764. The molecule has 0 aromatic heterocycles. The largest absolute Gasteiger partial charge is 0.481 e. The second-order valence-electron chi connectivity index (χ2n) is 4.08. The van der Waals surface area contributed by atoms with Gasteiger partial charge in [0.2, 0.25) is 0 Å². The minimum Gasteiger partial charge on any atom is -0.481 e. The molecule has 0 aliphatic carbocycles. The highest BCUT2D eigenvalue weighted by Crippen LogP contribution is 2.14. The van der Waals surface area contributed by atoms with Gasteiger partial charge in [-0.25, -0.2) is 0 Å². The van der Waals surface area contributed by atoms with Gasteiger partial charge in [-0.2, -0.15) is 5.26 Å². The highest BCUT2D eigenvalue weighted by Gasteiger charge is 2.06. The predicted octanol–water partition coefficient (Wildman–Crippen LogP) is 2.66. The van der Waals surface area contributed by atoms with Crippen molar-refractivity contribution in [3.63, 3.8) is 0 Å². The fraction of sp³-hybridized carbons (Fsp3) is 0.429. The van der Waals surface area contributed by atoms with Crippen LogP contribution in [0.3, 0.4) is 0 Å². The lowest BCUT2D eigenvalue weighted by atomic mass is 10.2. The third-order valence-corrected chi connectivity index (χ3v) is 2.66. The lowest BCUT2D eigenvalue weighted by molar-refractivity contribution is -0.137. The molecule has 0 amide bonds. The van der Waals surface area contributed by atoms with Crippen molar-refractivity contribution in [2.24, 2.45) is 0 Å². The lowest BCUT2D eigenvalue weighted by Gasteiger charge is -2.24. The van der Waals surface area contributed by atoms with E-state index in [0.717, 1.165) is 18.7 Å². The van der Waals surface area contributed by atoms with Gasteiger partial charge in [0.15, 0.2) is 0 Å². The molecule has 0 saturated carbocycles. The number of aliphatic carboxylic acids is 1. The molecule has 0 saturated heterocycles. The smallest absolute Gasteiger partial charge is 0.303 e. The van der Waals surface area contributed by atoms with Crippen molar-refractivity contribution in [3.8, 4) is 6.07 Å². The quantitative estimate of drug-likeness (QED) is 0.716. The van der Waals surface area contributed by atoms with Gasteiger partial charge in [0.25, 0.3) is 0 Å². The van der Waals surface area contributed by atoms with Gasteiger partial charge in [0, 0.05) is 31.6 Å². The van der Waals surface area contributed by atoms with Crippen molar-refractivity contribution >= 4 is 11.7 Å². The fourth-order valence-electron chi connectivity index (χ4n) is 1.78. The van der Waals surface area contributed by atoms with Gasteiger partial charge in [-0.05, 0) is 25.0 Å². The van der Waals surface area contributed by atoms with E-state index in [1.807, 2.05) is 30.3 Å². The molecular weight excluding hydrogens is 228 g/mol. The molecule has 1 aromatic rings. The molecule has 0 spiro atoms. The summed E-state index contributed by atoms with van der Waals surface area (Å²) in [5.41, 5.74) is 1.08. The van der Waals surface area contributed by atoms with Crippen LogP contribution in [0, 0.1) is 11.3 Å². The van der Waals surface area contributed by atoms with E-state index in [1.54, 1.807) is 0 Å². The molecule has 0 atom stereocenters. The number of carboxylic acids is 1. The molecule has 0 aliphatic heterocycles. The van der Waals surface area contributed by atoms with Crippen molar-refractivity contribution in [1.82, 2.24) is 0 Å². The van der Waals surface area contributed by atoms with E-state index in [0.29, 0.717) is 19.4 Å². The molecule has 1 N–H and O–H groups in total. The maximum Gasteiger partial charge on any atom is 0.303 e. The van der Waals surface area contributed by atoms with Crippen LogP contribution in [0.4, 0.5) is 5.69 Å². The zero-order valence-electron chi connectivity index (χ0n) is 10.4. The number of para-hydroxylation sites is 1. The summed E-state index contributed by atoms with van der Waals surface area (Å²) >= 11 is 0. The van der Waals surface area contributed by atoms with E-state index in [1.165, 1.54) is 0 Å². The third-order valence-electron chi connectivity index (χ3n) is 2.66. The number of rotatable bonds is 8. The summed E-state index contributed by atoms with van der Waals surface area (Å²) in [6, 6.07) is 12.0. The van der Waals surface area contributed by atoms with Crippen LogP contribution in [0.15, 0.2) is 30.3 Å². The van der Waals surface area contributed by atoms with E-state index in [9.17, 15) is 4.79 Å². The highest BCUT2D eigenvalue weighted by atomic mass is 16.4. The van der Waals surface area contributed by atoms with E-state index < -0.39 is 5.97 Å². The topological polar surface area (TPSA) is 64.3 Å². The molecule has 0 aliphatic rings. The van der Waals surface area contributed by atoms with Crippen molar-refractivity contribution in [3.05, 3.63) is 30.3 Å². The number of carbonyl (C=O) groups is 1. The Kier molecular flexibility index (Phi) is 6.34. The first-order valence-electron chi connectivity index (χ1n) is 6.13. The van der Waals surface area contributed by atoms with E-state index >= 15 is 0 Å². The molecule has 4 heteroatoms. The second kappa shape index (κ2) is 8.13. The monoisotopic (exact) mass is 246 g/mol. The maximum atomic E-state index is 10.5.